The molecule has 0 heterocycles. The van der Waals surface area contributed by atoms with E-state index in [-0.39, 0.29) is 0 Å². The Bertz CT molecular complexity index is 137. The van der Waals surface area contributed by atoms with Crippen LogP contribution in [0.25, 0.3) is 0 Å². The lowest BCUT2D eigenvalue weighted by atomic mass is 9.81. The third-order valence-corrected chi connectivity index (χ3v) is 2.75. The van der Waals surface area contributed by atoms with E-state index in [4.69, 9.17) is 0 Å². The number of carbonyl (C=O) groups is 1. The molecule has 1 saturated carbocycles. The number of rotatable bonds is 4. The second kappa shape index (κ2) is 4.61. The molecule has 1 aliphatic carbocycles. The molecule has 2 heteroatoms. The molecule has 0 radical (unpaired) electrons. The Labute approximate surface area is 74.0 Å². The third-order valence-electron chi connectivity index (χ3n) is 2.75. The fraction of sp³-hybridized carbons (Fsp3) is 0.900. The zero-order chi connectivity index (χ0) is 8.86. The molecule has 0 aromatic rings. The Morgan fingerprint density at radius 2 is 1.92 bits per heavy atom. The van der Waals surface area contributed by atoms with Crippen molar-refractivity contribution in [1.29, 1.82) is 0 Å². The number of carbonyl (C=O) groups excluding carboxylic acids is 1. The van der Waals surface area contributed by atoms with Crippen LogP contribution >= 0.6 is 0 Å². The summed E-state index contributed by atoms with van der Waals surface area (Å²) in [5.74, 6) is 0. The normalized spacial score (nSPS) is 22.1. The maximum Gasteiger partial charge on any atom is 0.119 e. The first-order chi connectivity index (χ1) is 5.77. The van der Waals surface area contributed by atoms with Gasteiger partial charge in [-0.2, -0.15) is 0 Å². The van der Waals surface area contributed by atoms with Gasteiger partial charge in [0.2, 0.25) is 0 Å². The predicted octanol–water partition coefficient (Wildman–Crippen LogP) is 2.05. The zero-order valence-electron chi connectivity index (χ0n) is 7.59. The average Bonchev–Trinajstić information content (AvgIpc) is 2.06. The quantitative estimate of drug-likeness (QED) is 0.518. The minimum absolute atomic E-state index is 0.429. The Balaban J connectivity index is 2.21. The van der Waals surface area contributed by atoms with Crippen LogP contribution in [0.3, 0.4) is 0 Å². The van der Waals surface area contributed by atoms with Gasteiger partial charge in [0.25, 0.3) is 0 Å². The number of aliphatic hydroxyl groups is 1. The number of aldehydes is 1. The van der Waals surface area contributed by atoms with Crippen LogP contribution in [0.5, 0.6) is 0 Å². The van der Waals surface area contributed by atoms with E-state index in [2.05, 4.69) is 0 Å². The standard InChI is InChI=1S/C10H18O2/c11-9-5-4-8-10(12)6-2-1-3-7-10/h9,12H,1-8H2. The van der Waals surface area contributed by atoms with Gasteiger partial charge in [-0.15, -0.1) is 0 Å². The van der Waals surface area contributed by atoms with E-state index in [1.54, 1.807) is 0 Å². The van der Waals surface area contributed by atoms with Crippen LogP contribution in [0.2, 0.25) is 0 Å². The first-order valence-corrected chi connectivity index (χ1v) is 4.93. The summed E-state index contributed by atoms with van der Waals surface area (Å²) in [6, 6.07) is 0. The summed E-state index contributed by atoms with van der Waals surface area (Å²) in [6.45, 7) is 0. The first-order valence-electron chi connectivity index (χ1n) is 4.93. The minimum Gasteiger partial charge on any atom is -0.390 e. The molecule has 0 aromatic carbocycles. The highest BCUT2D eigenvalue weighted by Crippen LogP contribution is 2.31. The number of hydrogen-bond donors (Lipinski definition) is 1. The number of hydrogen-bond acceptors (Lipinski definition) is 2. The van der Waals surface area contributed by atoms with Gasteiger partial charge in [0.1, 0.15) is 6.29 Å². The van der Waals surface area contributed by atoms with Crippen LogP contribution in [-0.2, 0) is 4.79 Å². The molecular formula is C10H18O2. The van der Waals surface area contributed by atoms with Crippen molar-refractivity contribution in [1.82, 2.24) is 0 Å². The smallest absolute Gasteiger partial charge is 0.119 e. The zero-order valence-corrected chi connectivity index (χ0v) is 7.59. The molecule has 1 aliphatic rings. The molecule has 1 rings (SSSR count). The summed E-state index contributed by atoms with van der Waals surface area (Å²) in [7, 11) is 0. The molecule has 2 nitrogen and oxygen atoms in total. The summed E-state index contributed by atoms with van der Waals surface area (Å²) in [5, 5.41) is 9.98. The molecule has 0 saturated heterocycles. The van der Waals surface area contributed by atoms with Crippen LogP contribution in [0.1, 0.15) is 51.4 Å². The van der Waals surface area contributed by atoms with E-state index in [1.165, 1.54) is 6.42 Å². The van der Waals surface area contributed by atoms with Gasteiger partial charge >= 0.3 is 0 Å². The van der Waals surface area contributed by atoms with Crippen molar-refractivity contribution in [3.63, 3.8) is 0 Å². The van der Waals surface area contributed by atoms with Crippen LogP contribution < -0.4 is 0 Å². The summed E-state index contributed by atoms with van der Waals surface area (Å²) in [5.41, 5.74) is -0.429. The second-order valence-corrected chi connectivity index (χ2v) is 3.84. The van der Waals surface area contributed by atoms with Crippen LogP contribution in [-0.4, -0.2) is 17.0 Å². The van der Waals surface area contributed by atoms with Crippen LogP contribution in [0, 0.1) is 0 Å². The second-order valence-electron chi connectivity index (χ2n) is 3.84. The molecule has 70 valence electrons. The Kier molecular flexibility index (Phi) is 3.73. The third kappa shape index (κ3) is 2.94. The highest BCUT2D eigenvalue weighted by atomic mass is 16.3. The highest BCUT2D eigenvalue weighted by Gasteiger charge is 2.27. The van der Waals surface area contributed by atoms with Gasteiger partial charge in [-0.3, -0.25) is 0 Å². The van der Waals surface area contributed by atoms with Gasteiger partial charge < -0.3 is 9.90 Å². The molecule has 0 bridgehead atoms. The molecule has 1 fully saturated rings. The van der Waals surface area contributed by atoms with Gasteiger partial charge in [-0.1, -0.05) is 19.3 Å². The summed E-state index contributed by atoms with van der Waals surface area (Å²) in [4.78, 5) is 10.1. The van der Waals surface area contributed by atoms with Gasteiger partial charge in [-0.05, 0) is 25.7 Å². The van der Waals surface area contributed by atoms with Crippen molar-refractivity contribution in [2.75, 3.05) is 0 Å². The molecule has 0 aromatic heterocycles. The Hall–Kier alpha value is -0.370. The van der Waals surface area contributed by atoms with E-state index in [0.29, 0.717) is 6.42 Å². The molecule has 0 unspecified atom stereocenters. The highest BCUT2D eigenvalue weighted by molar-refractivity contribution is 5.48. The van der Waals surface area contributed by atoms with E-state index >= 15 is 0 Å². The van der Waals surface area contributed by atoms with E-state index in [0.717, 1.165) is 44.8 Å². The maximum absolute atomic E-state index is 10.1. The summed E-state index contributed by atoms with van der Waals surface area (Å²) < 4.78 is 0. The van der Waals surface area contributed by atoms with Gasteiger partial charge in [0.15, 0.2) is 0 Å². The van der Waals surface area contributed by atoms with Crippen molar-refractivity contribution in [2.45, 2.75) is 57.0 Å². The van der Waals surface area contributed by atoms with Gasteiger partial charge in [-0.25, -0.2) is 0 Å². The van der Waals surface area contributed by atoms with Crippen LogP contribution in [0.15, 0.2) is 0 Å². The van der Waals surface area contributed by atoms with Crippen molar-refractivity contribution in [3.8, 4) is 0 Å². The molecular weight excluding hydrogens is 152 g/mol. The fourth-order valence-corrected chi connectivity index (χ4v) is 1.97. The maximum atomic E-state index is 10.1. The van der Waals surface area contributed by atoms with Crippen LogP contribution in [0.4, 0.5) is 0 Å². The van der Waals surface area contributed by atoms with Crippen molar-refractivity contribution < 1.29 is 9.90 Å². The minimum atomic E-state index is -0.429. The fourth-order valence-electron chi connectivity index (χ4n) is 1.97. The SMILES string of the molecule is O=CCCCC1(O)CCCCC1. The lowest BCUT2D eigenvalue weighted by Gasteiger charge is -2.31. The van der Waals surface area contributed by atoms with Crippen molar-refractivity contribution in [2.24, 2.45) is 0 Å². The van der Waals surface area contributed by atoms with Gasteiger partial charge in [0.05, 0.1) is 5.60 Å². The molecule has 0 amide bonds. The monoisotopic (exact) mass is 170 g/mol. The predicted molar refractivity (Wildman–Crippen MR) is 47.9 cm³/mol. The largest absolute Gasteiger partial charge is 0.390 e. The topological polar surface area (TPSA) is 37.3 Å². The van der Waals surface area contributed by atoms with Gasteiger partial charge in [0, 0.05) is 6.42 Å². The summed E-state index contributed by atoms with van der Waals surface area (Å²) >= 11 is 0. The lowest BCUT2D eigenvalue weighted by Crippen LogP contribution is -2.31. The van der Waals surface area contributed by atoms with Crippen molar-refractivity contribution >= 4 is 6.29 Å². The molecule has 0 spiro atoms. The molecule has 12 heavy (non-hydrogen) atoms. The molecule has 0 atom stereocenters. The summed E-state index contributed by atoms with van der Waals surface area (Å²) in [6.07, 6.45) is 8.63. The van der Waals surface area contributed by atoms with E-state index in [9.17, 15) is 9.90 Å². The Morgan fingerprint density at radius 3 is 2.50 bits per heavy atom. The molecule has 1 N–H and O–H groups in total. The molecule has 0 aliphatic heterocycles. The van der Waals surface area contributed by atoms with Crippen molar-refractivity contribution in [3.05, 3.63) is 0 Å². The lowest BCUT2D eigenvalue weighted by molar-refractivity contribution is -0.108. The van der Waals surface area contributed by atoms with E-state index in [1.807, 2.05) is 0 Å². The number of unbranched alkanes of at least 4 members (excludes halogenated alkanes) is 1. The van der Waals surface area contributed by atoms with E-state index < -0.39 is 5.60 Å². The Morgan fingerprint density at radius 1 is 1.25 bits per heavy atom. The average molecular weight is 170 g/mol. The first kappa shape index (κ1) is 9.72.